The zero-order valence-electron chi connectivity index (χ0n) is 13.3. The van der Waals surface area contributed by atoms with Crippen molar-refractivity contribution in [1.82, 2.24) is 14.8 Å². The van der Waals surface area contributed by atoms with Crippen LogP contribution in [0.3, 0.4) is 0 Å². The largest absolute Gasteiger partial charge is 0.379 e. The Bertz CT molecular complexity index is 733. The van der Waals surface area contributed by atoms with Gasteiger partial charge in [-0.05, 0) is 19.2 Å². The Morgan fingerprint density at radius 3 is 3.00 bits per heavy atom. The molecule has 23 heavy (non-hydrogen) atoms. The quantitative estimate of drug-likeness (QED) is 0.803. The number of aromatic nitrogens is 1. The van der Waals surface area contributed by atoms with Crippen molar-refractivity contribution < 1.29 is 9.53 Å². The van der Waals surface area contributed by atoms with E-state index in [1.165, 1.54) is 0 Å². The van der Waals surface area contributed by atoms with Crippen molar-refractivity contribution in [2.45, 2.75) is 6.04 Å². The average molecular weight is 311 g/mol. The van der Waals surface area contributed by atoms with Gasteiger partial charge in [-0.2, -0.15) is 0 Å². The Labute approximate surface area is 135 Å². The minimum absolute atomic E-state index is 0.0791. The van der Waals surface area contributed by atoms with E-state index in [0.717, 1.165) is 37.1 Å². The minimum Gasteiger partial charge on any atom is -0.379 e. The molecule has 2 aliphatic rings. The van der Waals surface area contributed by atoms with E-state index in [9.17, 15) is 4.79 Å². The lowest BCUT2D eigenvalue weighted by Crippen LogP contribution is -2.44. The highest BCUT2D eigenvalue weighted by Gasteiger charge is 2.33. The predicted octanol–water partition coefficient (Wildman–Crippen LogP) is 1.64. The van der Waals surface area contributed by atoms with Gasteiger partial charge in [0.1, 0.15) is 0 Å². The van der Waals surface area contributed by atoms with E-state index >= 15 is 0 Å². The van der Waals surface area contributed by atoms with Crippen LogP contribution in [0.4, 0.5) is 0 Å². The molecule has 1 amide bonds. The molecule has 5 heteroatoms. The summed E-state index contributed by atoms with van der Waals surface area (Å²) in [6.07, 6.45) is 1.70. The number of likely N-dealkylation sites (N-methyl/N-ethyl adjacent to an activating group) is 1. The van der Waals surface area contributed by atoms with Gasteiger partial charge in [0.15, 0.2) is 0 Å². The van der Waals surface area contributed by atoms with Gasteiger partial charge in [0.25, 0.3) is 5.91 Å². The van der Waals surface area contributed by atoms with Crippen molar-refractivity contribution in [3.05, 3.63) is 42.1 Å². The molecule has 2 aliphatic heterocycles. The number of fused-ring (bicyclic) bond motifs is 4. The van der Waals surface area contributed by atoms with Gasteiger partial charge in [0.2, 0.25) is 0 Å². The molecular formula is C18H21N3O2. The number of ether oxygens (including phenoxy) is 1. The topological polar surface area (TPSA) is 45.7 Å². The number of carbonyl (C=O) groups excluding carboxylic acids is 1. The van der Waals surface area contributed by atoms with Crippen LogP contribution in [-0.2, 0) is 4.74 Å². The summed E-state index contributed by atoms with van der Waals surface area (Å²) < 4.78 is 5.73. The Morgan fingerprint density at radius 2 is 2.09 bits per heavy atom. The fourth-order valence-corrected chi connectivity index (χ4v) is 3.59. The Kier molecular flexibility index (Phi) is 3.75. The van der Waals surface area contributed by atoms with E-state index in [2.05, 4.69) is 16.9 Å². The first-order valence-electron chi connectivity index (χ1n) is 8.13. The summed E-state index contributed by atoms with van der Waals surface area (Å²) in [6, 6.07) is 10.1. The lowest BCUT2D eigenvalue weighted by molar-refractivity contribution is 0.0433. The van der Waals surface area contributed by atoms with Gasteiger partial charge in [0.05, 0.1) is 30.3 Å². The first-order chi connectivity index (χ1) is 11.2. The number of carbonyl (C=O) groups is 1. The fourth-order valence-electron chi connectivity index (χ4n) is 3.59. The van der Waals surface area contributed by atoms with Crippen LogP contribution in [0.1, 0.15) is 10.4 Å². The maximum atomic E-state index is 13.0. The number of benzene rings is 1. The van der Waals surface area contributed by atoms with E-state index in [1.807, 2.05) is 35.2 Å². The molecule has 2 aromatic rings. The highest BCUT2D eigenvalue weighted by Crippen LogP contribution is 2.21. The Hall–Kier alpha value is -1.98. The molecule has 0 aliphatic carbocycles. The van der Waals surface area contributed by atoms with Gasteiger partial charge in [-0.3, -0.25) is 14.7 Å². The van der Waals surface area contributed by atoms with Crippen LogP contribution in [0.2, 0.25) is 0 Å². The van der Waals surface area contributed by atoms with Gasteiger partial charge in [0, 0.05) is 37.1 Å². The lowest BCUT2D eigenvalue weighted by Gasteiger charge is -2.29. The molecule has 0 saturated carbocycles. The van der Waals surface area contributed by atoms with Crippen molar-refractivity contribution in [2.24, 2.45) is 5.92 Å². The zero-order chi connectivity index (χ0) is 15.8. The fraction of sp³-hybridized carbons (Fsp3) is 0.444. The third kappa shape index (κ3) is 2.82. The number of nitrogens with zero attached hydrogens (tertiary/aromatic N) is 3. The van der Waals surface area contributed by atoms with Crippen molar-refractivity contribution in [2.75, 3.05) is 39.9 Å². The highest BCUT2D eigenvalue weighted by molar-refractivity contribution is 5.97. The lowest BCUT2D eigenvalue weighted by atomic mass is 10.1. The molecular weight excluding hydrogens is 290 g/mol. The van der Waals surface area contributed by atoms with Crippen LogP contribution in [0.25, 0.3) is 10.9 Å². The van der Waals surface area contributed by atoms with E-state index in [0.29, 0.717) is 18.1 Å². The third-order valence-electron chi connectivity index (χ3n) is 4.87. The second-order valence-corrected chi connectivity index (χ2v) is 6.62. The van der Waals surface area contributed by atoms with Crippen LogP contribution >= 0.6 is 0 Å². The molecule has 0 spiro atoms. The van der Waals surface area contributed by atoms with Gasteiger partial charge in [-0.1, -0.05) is 18.2 Å². The summed E-state index contributed by atoms with van der Waals surface area (Å²) in [6.45, 7) is 3.91. The molecule has 3 heterocycles. The molecule has 2 saturated heterocycles. The standard InChI is InChI=1S/C18H21N3O2/c1-20-8-13-9-21(10-16(20)12-23-11-13)18(22)15-6-14-4-2-3-5-17(14)19-7-15/h2-7,13,16H,8-12H2,1H3/t13-,16+/m1/s1. The smallest absolute Gasteiger partial charge is 0.255 e. The van der Waals surface area contributed by atoms with Crippen molar-refractivity contribution in [3.63, 3.8) is 0 Å². The molecule has 1 aromatic carbocycles. The molecule has 1 aromatic heterocycles. The third-order valence-corrected chi connectivity index (χ3v) is 4.87. The van der Waals surface area contributed by atoms with E-state index in [1.54, 1.807) is 6.20 Å². The monoisotopic (exact) mass is 311 g/mol. The maximum absolute atomic E-state index is 13.0. The minimum atomic E-state index is 0.0791. The average Bonchev–Trinajstić information content (AvgIpc) is 2.82. The summed E-state index contributed by atoms with van der Waals surface area (Å²) in [5.74, 6) is 0.459. The van der Waals surface area contributed by atoms with Crippen molar-refractivity contribution in [3.8, 4) is 0 Å². The summed E-state index contributed by atoms with van der Waals surface area (Å²) in [7, 11) is 2.12. The van der Waals surface area contributed by atoms with Crippen LogP contribution in [0.15, 0.2) is 36.5 Å². The Morgan fingerprint density at radius 1 is 1.22 bits per heavy atom. The number of amides is 1. The van der Waals surface area contributed by atoms with E-state index in [4.69, 9.17) is 4.74 Å². The maximum Gasteiger partial charge on any atom is 0.255 e. The number of pyridine rings is 1. The second-order valence-electron chi connectivity index (χ2n) is 6.62. The van der Waals surface area contributed by atoms with Crippen LogP contribution < -0.4 is 0 Å². The van der Waals surface area contributed by atoms with Crippen LogP contribution in [0.5, 0.6) is 0 Å². The zero-order valence-corrected chi connectivity index (χ0v) is 13.3. The van der Waals surface area contributed by atoms with Gasteiger partial charge >= 0.3 is 0 Å². The number of para-hydroxylation sites is 1. The molecule has 0 unspecified atom stereocenters. The first-order valence-corrected chi connectivity index (χ1v) is 8.13. The number of hydrogen-bond acceptors (Lipinski definition) is 4. The molecule has 0 radical (unpaired) electrons. The van der Waals surface area contributed by atoms with Crippen LogP contribution in [-0.4, -0.2) is 66.6 Å². The Balaban J connectivity index is 1.62. The summed E-state index contributed by atoms with van der Waals surface area (Å²) >= 11 is 0. The molecule has 2 fully saturated rings. The highest BCUT2D eigenvalue weighted by atomic mass is 16.5. The van der Waals surface area contributed by atoms with E-state index < -0.39 is 0 Å². The molecule has 4 rings (SSSR count). The molecule has 120 valence electrons. The van der Waals surface area contributed by atoms with Crippen LogP contribution in [0, 0.1) is 5.92 Å². The number of rotatable bonds is 1. The SMILES string of the molecule is CN1C[C@H]2COC[C@@H]1CN(C(=O)c1cnc3ccccc3c1)C2. The molecule has 2 bridgehead atoms. The summed E-state index contributed by atoms with van der Waals surface area (Å²) in [4.78, 5) is 21.7. The molecule has 5 nitrogen and oxygen atoms in total. The van der Waals surface area contributed by atoms with Crippen molar-refractivity contribution >= 4 is 16.8 Å². The predicted molar refractivity (Wildman–Crippen MR) is 88.4 cm³/mol. The molecule has 0 N–H and O–H groups in total. The van der Waals surface area contributed by atoms with Gasteiger partial charge < -0.3 is 9.64 Å². The summed E-state index contributed by atoms with van der Waals surface area (Å²) in [5, 5.41) is 1.01. The summed E-state index contributed by atoms with van der Waals surface area (Å²) in [5.41, 5.74) is 1.59. The number of hydrogen-bond donors (Lipinski definition) is 0. The molecule has 2 atom stereocenters. The normalized spacial score (nSPS) is 25.3. The van der Waals surface area contributed by atoms with E-state index in [-0.39, 0.29) is 11.9 Å². The second kappa shape index (κ2) is 5.91. The van der Waals surface area contributed by atoms with Crippen molar-refractivity contribution in [1.29, 1.82) is 0 Å². The van der Waals surface area contributed by atoms with Gasteiger partial charge in [-0.15, -0.1) is 0 Å². The first kappa shape index (κ1) is 14.6. The van der Waals surface area contributed by atoms with Gasteiger partial charge in [-0.25, -0.2) is 0 Å².